The minimum atomic E-state index is 0.122. The maximum absolute atomic E-state index is 12.3. The van der Waals surface area contributed by atoms with Crippen LogP contribution in [0, 0.1) is 0 Å². The van der Waals surface area contributed by atoms with Gasteiger partial charge in [0.2, 0.25) is 5.91 Å². The van der Waals surface area contributed by atoms with Gasteiger partial charge in [-0.25, -0.2) is 4.98 Å². The first-order valence-electron chi connectivity index (χ1n) is 8.94. The summed E-state index contributed by atoms with van der Waals surface area (Å²) in [6, 6.07) is 10.4. The van der Waals surface area contributed by atoms with Gasteiger partial charge in [0, 0.05) is 50.2 Å². The zero-order chi connectivity index (χ0) is 17.5. The summed E-state index contributed by atoms with van der Waals surface area (Å²) in [4.78, 5) is 21.2. The van der Waals surface area contributed by atoms with E-state index in [1.54, 1.807) is 11.3 Å². The molecule has 0 saturated carbocycles. The van der Waals surface area contributed by atoms with Crippen LogP contribution in [0.5, 0.6) is 0 Å². The highest BCUT2D eigenvalue weighted by molar-refractivity contribution is 7.13. The first kappa shape index (κ1) is 17.9. The molecular formula is C19H26N4OS. The van der Waals surface area contributed by atoms with Crippen LogP contribution in [0.2, 0.25) is 0 Å². The molecule has 1 aromatic heterocycles. The molecule has 1 N–H and O–H groups in total. The minimum Gasteiger partial charge on any atom is -0.354 e. The molecule has 3 rings (SSSR count). The SMILES string of the molecule is CCC(CNC(=O)CN1CCN(c2nccs2)CC1)c1ccccc1. The number of anilines is 1. The Morgan fingerprint density at radius 3 is 2.64 bits per heavy atom. The molecule has 25 heavy (non-hydrogen) atoms. The van der Waals surface area contributed by atoms with Gasteiger partial charge >= 0.3 is 0 Å². The third-order valence-electron chi connectivity index (χ3n) is 4.74. The van der Waals surface area contributed by atoms with E-state index in [1.165, 1.54) is 5.56 Å². The summed E-state index contributed by atoms with van der Waals surface area (Å²) in [6.07, 6.45) is 2.87. The number of carbonyl (C=O) groups excluding carboxylic acids is 1. The number of thiazole rings is 1. The molecule has 0 aliphatic carbocycles. The lowest BCUT2D eigenvalue weighted by Gasteiger charge is -2.34. The van der Waals surface area contributed by atoms with E-state index in [-0.39, 0.29) is 5.91 Å². The topological polar surface area (TPSA) is 48.5 Å². The predicted octanol–water partition coefficient (Wildman–Crippen LogP) is 2.58. The van der Waals surface area contributed by atoms with Crippen LogP contribution in [0.3, 0.4) is 0 Å². The summed E-state index contributed by atoms with van der Waals surface area (Å²) in [6.45, 7) is 7.04. The fourth-order valence-electron chi connectivity index (χ4n) is 3.19. The number of hydrogen-bond acceptors (Lipinski definition) is 5. The Morgan fingerprint density at radius 2 is 2.00 bits per heavy atom. The lowest BCUT2D eigenvalue weighted by Crippen LogP contribution is -2.49. The van der Waals surface area contributed by atoms with Crippen molar-refractivity contribution in [3.63, 3.8) is 0 Å². The molecule has 1 aliphatic heterocycles. The molecule has 0 spiro atoms. The number of benzene rings is 1. The summed E-state index contributed by atoms with van der Waals surface area (Å²) in [5.41, 5.74) is 1.29. The zero-order valence-electron chi connectivity index (χ0n) is 14.7. The molecule has 1 aromatic carbocycles. The minimum absolute atomic E-state index is 0.122. The Kier molecular flexibility index (Phi) is 6.42. The molecule has 2 heterocycles. The van der Waals surface area contributed by atoms with Crippen molar-refractivity contribution in [2.75, 3.05) is 44.2 Å². The van der Waals surface area contributed by atoms with Gasteiger partial charge in [-0.1, -0.05) is 37.3 Å². The Morgan fingerprint density at radius 1 is 1.24 bits per heavy atom. The van der Waals surface area contributed by atoms with Gasteiger partial charge in [0.1, 0.15) is 0 Å². The van der Waals surface area contributed by atoms with Gasteiger partial charge < -0.3 is 10.2 Å². The summed E-state index contributed by atoms with van der Waals surface area (Å²) in [5, 5.41) is 6.20. The van der Waals surface area contributed by atoms with E-state index in [2.05, 4.69) is 51.3 Å². The van der Waals surface area contributed by atoms with E-state index < -0.39 is 0 Å². The summed E-state index contributed by atoms with van der Waals surface area (Å²) in [7, 11) is 0. The highest BCUT2D eigenvalue weighted by Crippen LogP contribution is 2.19. The van der Waals surface area contributed by atoms with Crippen molar-refractivity contribution in [1.82, 2.24) is 15.2 Å². The third-order valence-corrected chi connectivity index (χ3v) is 5.57. The van der Waals surface area contributed by atoms with Gasteiger partial charge in [0.25, 0.3) is 0 Å². The average Bonchev–Trinajstić information content (AvgIpc) is 3.18. The molecular weight excluding hydrogens is 332 g/mol. The first-order valence-corrected chi connectivity index (χ1v) is 9.82. The van der Waals surface area contributed by atoms with Crippen LogP contribution in [0.4, 0.5) is 5.13 Å². The van der Waals surface area contributed by atoms with Crippen molar-refractivity contribution in [2.24, 2.45) is 0 Å². The number of piperazine rings is 1. The predicted molar refractivity (Wildman–Crippen MR) is 103 cm³/mol. The molecule has 1 unspecified atom stereocenters. The van der Waals surface area contributed by atoms with Crippen molar-refractivity contribution >= 4 is 22.4 Å². The highest BCUT2D eigenvalue weighted by atomic mass is 32.1. The molecule has 1 atom stereocenters. The quantitative estimate of drug-likeness (QED) is 0.826. The second-order valence-electron chi connectivity index (χ2n) is 6.40. The molecule has 1 amide bonds. The number of amides is 1. The van der Waals surface area contributed by atoms with Crippen LogP contribution < -0.4 is 10.2 Å². The Bertz CT molecular complexity index is 639. The van der Waals surface area contributed by atoms with Crippen molar-refractivity contribution in [1.29, 1.82) is 0 Å². The number of hydrogen-bond donors (Lipinski definition) is 1. The summed E-state index contributed by atoms with van der Waals surface area (Å²) < 4.78 is 0. The molecule has 1 fully saturated rings. The van der Waals surface area contributed by atoms with Crippen LogP contribution in [0.25, 0.3) is 0 Å². The van der Waals surface area contributed by atoms with Gasteiger partial charge in [-0.2, -0.15) is 0 Å². The van der Waals surface area contributed by atoms with Crippen molar-refractivity contribution in [3.05, 3.63) is 47.5 Å². The van der Waals surface area contributed by atoms with Crippen LogP contribution in [-0.4, -0.2) is 55.1 Å². The zero-order valence-corrected chi connectivity index (χ0v) is 15.5. The van der Waals surface area contributed by atoms with Crippen molar-refractivity contribution < 1.29 is 4.79 Å². The van der Waals surface area contributed by atoms with Crippen LogP contribution >= 0.6 is 11.3 Å². The Balaban J connectivity index is 1.41. The van der Waals surface area contributed by atoms with Crippen molar-refractivity contribution in [2.45, 2.75) is 19.3 Å². The number of carbonyl (C=O) groups is 1. The normalized spacial score (nSPS) is 16.6. The lowest BCUT2D eigenvalue weighted by atomic mass is 9.96. The first-order chi connectivity index (χ1) is 12.3. The van der Waals surface area contributed by atoms with E-state index >= 15 is 0 Å². The Labute approximate surface area is 153 Å². The standard InChI is InChI=1S/C19H26N4OS/c1-2-16(17-6-4-3-5-7-17)14-21-18(24)15-22-9-11-23(12-10-22)19-20-8-13-25-19/h3-8,13,16H,2,9-12,14-15H2,1H3,(H,21,24). The second-order valence-corrected chi connectivity index (χ2v) is 7.27. The maximum Gasteiger partial charge on any atom is 0.234 e. The monoisotopic (exact) mass is 358 g/mol. The van der Waals surface area contributed by atoms with Gasteiger partial charge in [-0.15, -0.1) is 11.3 Å². The maximum atomic E-state index is 12.3. The molecule has 2 aromatic rings. The second kappa shape index (κ2) is 8.97. The molecule has 5 nitrogen and oxygen atoms in total. The third kappa shape index (κ3) is 5.03. The van der Waals surface area contributed by atoms with Crippen LogP contribution in [-0.2, 0) is 4.79 Å². The molecule has 0 bridgehead atoms. The van der Waals surface area contributed by atoms with Gasteiger partial charge in [0.05, 0.1) is 6.54 Å². The van der Waals surface area contributed by atoms with Gasteiger partial charge in [0.15, 0.2) is 5.13 Å². The highest BCUT2D eigenvalue weighted by Gasteiger charge is 2.20. The van der Waals surface area contributed by atoms with E-state index in [1.807, 2.05) is 17.6 Å². The number of nitrogens with one attached hydrogen (secondary N) is 1. The van der Waals surface area contributed by atoms with E-state index in [0.717, 1.165) is 37.7 Å². The lowest BCUT2D eigenvalue weighted by molar-refractivity contribution is -0.122. The molecule has 6 heteroatoms. The largest absolute Gasteiger partial charge is 0.354 e. The molecule has 1 saturated heterocycles. The average molecular weight is 359 g/mol. The molecule has 1 aliphatic rings. The van der Waals surface area contributed by atoms with E-state index in [0.29, 0.717) is 19.0 Å². The fourth-order valence-corrected chi connectivity index (χ4v) is 3.89. The smallest absolute Gasteiger partial charge is 0.234 e. The van der Waals surface area contributed by atoms with Crippen LogP contribution in [0.15, 0.2) is 41.9 Å². The Hall–Kier alpha value is -1.92. The number of aromatic nitrogens is 1. The summed E-state index contributed by atoms with van der Waals surface area (Å²) in [5.74, 6) is 0.504. The number of nitrogens with zero attached hydrogens (tertiary/aromatic N) is 3. The fraction of sp³-hybridized carbons (Fsp3) is 0.474. The van der Waals surface area contributed by atoms with E-state index in [4.69, 9.17) is 0 Å². The van der Waals surface area contributed by atoms with Crippen molar-refractivity contribution in [3.8, 4) is 0 Å². The molecule has 134 valence electrons. The van der Waals surface area contributed by atoms with Crippen LogP contribution in [0.1, 0.15) is 24.8 Å². The van der Waals surface area contributed by atoms with Gasteiger partial charge in [-0.05, 0) is 12.0 Å². The van der Waals surface area contributed by atoms with Gasteiger partial charge in [-0.3, -0.25) is 9.69 Å². The molecule has 0 radical (unpaired) electrons. The summed E-state index contributed by atoms with van der Waals surface area (Å²) >= 11 is 1.67. The number of rotatable bonds is 7. The van der Waals surface area contributed by atoms with E-state index in [9.17, 15) is 4.79 Å².